The molecular weight excluding hydrogens is 500 g/mol. The van der Waals surface area contributed by atoms with Gasteiger partial charge >= 0.3 is 0 Å². The van der Waals surface area contributed by atoms with Gasteiger partial charge in [0.25, 0.3) is 11.5 Å². The number of ether oxygens (including phenoxy) is 1. The molecule has 0 spiro atoms. The monoisotopic (exact) mass is 534 g/mol. The maximum absolute atomic E-state index is 13.3. The van der Waals surface area contributed by atoms with Gasteiger partial charge in [0.05, 0.1) is 13.7 Å². The standard InChI is InChI=1S/C28H34N6O5/c1-15-3-6-19(39-2)8-21(15)27-9-18-14-33(13-16-4-5-16)24(18)28(27,32-38)10-17-7-20(25(36)31-12-23(29)35)26(37)34(30)22(17)11-27/h3,6-8,16,18,24H,4-5,9-14,30H2,1-2H3,(H2,29,35)(H,31,36)/t18?,24-,27-,28-/m1/s1. The number of nitrogens with two attached hydrogens (primary N) is 2. The first-order valence-corrected chi connectivity index (χ1v) is 13.5. The van der Waals surface area contributed by atoms with Crippen molar-refractivity contribution in [3.8, 4) is 5.75 Å². The number of benzene rings is 1. The van der Waals surface area contributed by atoms with Crippen LogP contribution < -0.4 is 27.2 Å². The minimum atomic E-state index is -1.02. The second-order valence-corrected chi connectivity index (χ2v) is 11.8. The van der Waals surface area contributed by atoms with Gasteiger partial charge in [-0.2, -0.15) is 4.91 Å². The van der Waals surface area contributed by atoms with Crippen LogP contribution in [-0.2, 0) is 23.1 Å². The van der Waals surface area contributed by atoms with Crippen LogP contribution >= 0.6 is 0 Å². The van der Waals surface area contributed by atoms with Gasteiger partial charge in [-0.15, -0.1) is 0 Å². The lowest BCUT2D eigenvalue weighted by atomic mass is 9.57. The van der Waals surface area contributed by atoms with E-state index in [0.29, 0.717) is 29.3 Å². The van der Waals surface area contributed by atoms with E-state index in [9.17, 15) is 19.3 Å². The highest BCUT2D eigenvalue weighted by molar-refractivity contribution is 5.96. The van der Waals surface area contributed by atoms with E-state index >= 15 is 0 Å². The molecule has 206 valence electrons. The summed E-state index contributed by atoms with van der Waals surface area (Å²) in [5.41, 5.74) is 5.83. The van der Waals surface area contributed by atoms with Crippen molar-refractivity contribution >= 4 is 11.8 Å². The number of nitrogens with one attached hydrogen (secondary N) is 1. The maximum Gasteiger partial charge on any atom is 0.281 e. The number of fused-ring (bicyclic) bond motifs is 4. The van der Waals surface area contributed by atoms with E-state index < -0.39 is 34.9 Å². The highest BCUT2D eigenvalue weighted by atomic mass is 16.5. The number of aromatic nitrogens is 1. The second-order valence-electron chi connectivity index (χ2n) is 11.8. The number of nitrogen functional groups attached to an aromatic ring is 1. The number of hydrogen-bond donors (Lipinski definition) is 3. The smallest absolute Gasteiger partial charge is 0.281 e. The van der Waals surface area contributed by atoms with Gasteiger partial charge in [-0.25, -0.2) is 4.68 Å². The van der Waals surface area contributed by atoms with Crippen LogP contribution in [0, 0.1) is 23.7 Å². The number of aryl methyl sites for hydroxylation is 1. The molecule has 5 N–H and O–H groups in total. The van der Waals surface area contributed by atoms with Crippen LogP contribution in [0.15, 0.2) is 34.2 Å². The Labute approximate surface area is 225 Å². The number of likely N-dealkylation sites (tertiary alicyclic amines) is 1. The summed E-state index contributed by atoms with van der Waals surface area (Å²) in [6.45, 7) is 3.49. The molecule has 4 aliphatic rings. The Bertz CT molecular complexity index is 1450. The van der Waals surface area contributed by atoms with E-state index in [0.717, 1.165) is 35.3 Å². The Kier molecular flexibility index (Phi) is 5.83. The number of primary amides is 1. The second kappa shape index (κ2) is 8.90. The molecule has 11 heteroatoms. The molecule has 0 radical (unpaired) electrons. The molecule has 2 amide bonds. The average molecular weight is 535 g/mol. The fourth-order valence-corrected chi connectivity index (χ4v) is 7.70. The molecule has 1 saturated heterocycles. The molecule has 1 aliphatic heterocycles. The Hall–Kier alpha value is -3.73. The van der Waals surface area contributed by atoms with Crippen LogP contribution in [0.4, 0.5) is 0 Å². The molecule has 11 nitrogen and oxygen atoms in total. The molecule has 2 saturated carbocycles. The number of methoxy groups -OCH3 is 1. The molecule has 3 aliphatic carbocycles. The van der Waals surface area contributed by atoms with Gasteiger partial charge in [0, 0.05) is 43.1 Å². The number of hydrogen-bond acceptors (Lipinski definition) is 8. The lowest BCUT2D eigenvalue weighted by molar-refractivity contribution is -0.117. The first-order valence-electron chi connectivity index (χ1n) is 13.5. The molecule has 39 heavy (non-hydrogen) atoms. The predicted molar refractivity (Wildman–Crippen MR) is 144 cm³/mol. The SMILES string of the molecule is COc1ccc(C)c([C@@]23Cc4c(cc(C(=O)NCC(N)=O)c(=O)n4N)C[C@@]2(N=O)[C@H]2C(CN2CC2CC2)C3)c1. The number of nitroso groups, excluding NO2 is 1. The Morgan fingerprint density at radius 1 is 1.23 bits per heavy atom. The third kappa shape index (κ3) is 3.70. The zero-order valence-electron chi connectivity index (χ0n) is 22.2. The minimum Gasteiger partial charge on any atom is -0.497 e. The van der Waals surface area contributed by atoms with Crippen molar-refractivity contribution in [2.45, 2.75) is 56.0 Å². The van der Waals surface area contributed by atoms with Crippen LogP contribution in [0.5, 0.6) is 5.75 Å². The summed E-state index contributed by atoms with van der Waals surface area (Å²) in [4.78, 5) is 52.9. The van der Waals surface area contributed by atoms with Gasteiger partial charge in [-0.1, -0.05) is 11.2 Å². The summed E-state index contributed by atoms with van der Waals surface area (Å²) >= 11 is 0. The minimum absolute atomic E-state index is 0.0420. The highest BCUT2D eigenvalue weighted by Crippen LogP contribution is 2.64. The molecule has 1 aromatic carbocycles. The van der Waals surface area contributed by atoms with Crippen LogP contribution in [0.3, 0.4) is 0 Å². The van der Waals surface area contributed by atoms with Crippen LogP contribution in [0.1, 0.15) is 52.0 Å². The van der Waals surface area contributed by atoms with Crippen molar-refractivity contribution in [2.75, 3.05) is 32.6 Å². The van der Waals surface area contributed by atoms with E-state index in [1.54, 1.807) is 7.11 Å². The molecule has 1 aromatic heterocycles. The number of carbonyl (C=O) groups excluding carboxylic acids is 2. The normalized spacial score (nSPS) is 29.0. The first-order chi connectivity index (χ1) is 18.6. The molecule has 1 unspecified atom stereocenters. The Morgan fingerprint density at radius 3 is 2.67 bits per heavy atom. The number of carbonyl (C=O) groups is 2. The molecule has 0 bridgehead atoms. The third-order valence-corrected chi connectivity index (χ3v) is 9.58. The van der Waals surface area contributed by atoms with Gasteiger partial charge in [0.15, 0.2) is 0 Å². The predicted octanol–water partition coefficient (Wildman–Crippen LogP) is 0.750. The lowest BCUT2D eigenvalue weighted by Crippen LogP contribution is -2.67. The van der Waals surface area contributed by atoms with Crippen molar-refractivity contribution in [2.24, 2.45) is 22.7 Å². The van der Waals surface area contributed by atoms with Crippen LogP contribution in [0.2, 0.25) is 0 Å². The fourth-order valence-electron chi connectivity index (χ4n) is 7.70. The summed E-state index contributed by atoms with van der Waals surface area (Å²) in [6, 6.07) is 7.38. The van der Waals surface area contributed by atoms with Crippen LogP contribution in [0.25, 0.3) is 0 Å². The molecule has 2 aromatic rings. The van der Waals surface area contributed by atoms with Crippen molar-refractivity contribution in [3.05, 3.63) is 67.5 Å². The summed E-state index contributed by atoms with van der Waals surface area (Å²) in [5, 5.41) is 6.38. The molecular formula is C28H34N6O5. The molecule has 2 heterocycles. The topological polar surface area (TPSA) is 162 Å². The largest absolute Gasteiger partial charge is 0.497 e. The zero-order valence-corrected chi connectivity index (χ0v) is 22.2. The van der Waals surface area contributed by atoms with E-state index in [1.165, 1.54) is 18.9 Å². The van der Waals surface area contributed by atoms with Crippen molar-refractivity contribution in [3.63, 3.8) is 0 Å². The summed E-state index contributed by atoms with van der Waals surface area (Å²) in [5.74, 6) is 6.53. The lowest BCUT2D eigenvalue weighted by Gasteiger charge is -2.54. The van der Waals surface area contributed by atoms with Gasteiger partial charge in [-0.05, 0) is 72.9 Å². The van der Waals surface area contributed by atoms with E-state index in [-0.39, 0.29) is 23.9 Å². The number of nitrogens with zero attached hydrogens (tertiary/aromatic N) is 3. The fraction of sp³-hybridized carbons (Fsp3) is 0.536. The van der Waals surface area contributed by atoms with Gasteiger partial charge in [0.2, 0.25) is 5.91 Å². The molecule has 4 atom stereocenters. The zero-order chi connectivity index (χ0) is 27.7. The third-order valence-electron chi connectivity index (χ3n) is 9.58. The van der Waals surface area contributed by atoms with E-state index in [2.05, 4.69) is 15.4 Å². The average Bonchev–Trinajstić information content (AvgIpc) is 3.70. The summed E-state index contributed by atoms with van der Waals surface area (Å²) in [7, 11) is 1.62. The van der Waals surface area contributed by atoms with Crippen molar-refractivity contribution < 1.29 is 14.3 Å². The summed E-state index contributed by atoms with van der Waals surface area (Å²) in [6.07, 6.45) is 3.75. The molecule has 3 fully saturated rings. The quantitative estimate of drug-likeness (QED) is 0.332. The van der Waals surface area contributed by atoms with Crippen molar-refractivity contribution in [1.29, 1.82) is 0 Å². The number of pyridine rings is 1. The number of rotatable bonds is 8. The van der Waals surface area contributed by atoms with E-state index in [4.69, 9.17) is 16.3 Å². The highest BCUT2D eigenvalue weighted by Gasteiger charge is 2.72. The Balaban J connectivity index is 1.52. The first kappa shape index (κ1) is 25.5. The van der Waals surface area contributed by atoms with Crippen molar-refractivity contribution in [1.82, 2.24) is 14.9 Å². The van der Waals surface area contributed by atoms with E-state index in [1.807, 2.05) is 25.1 Å². The van der Waals surface area contributed by atoms with Gasteiger partial charge < -0.3 is 21.6 Å². The molecule has 6 rings (SSSR count). The number of amides is 2. The van der Waals surface area contributed by atoms with Gasteiger partial charge in [0.1, 0.15) is 16.9 Å². The Morgan fingerprint density at radius 2 is 2.00 bits per heavy atom. The summed E-state index contributed by atoms with van der Waals surface area (Å²) < 4.78 is 6.61. The maximum atomic E-state index is 13.3. The van der Waals surface area contributed by atoms with Crippen LogP contribution in [-0.4, -0.2) is 59.7 Å². The van der Waals surface area contributed by atoms with Gasteiger partial charge in [-0.3, -0.25) is 19.3 Å².